The molecule has 0 aromatic carbocycles. The predicted octanol–water partition coefficient (Wildman–Crippen LogP) is -0.295. The molecule has 96 valence electrons. The molecule has 1 amide bonds. The van der Waals surface area contributed by atoms with Gasteiger partial charge >= 0.3 is 5.97 Å². The van der Waals surface area contributed by atoms with Crippen LogP contribution in [0.25, 0.3) is 0 Å². The molecule has 7 nitrogen and oxygen atoms in total. The molecule has 2 fully saturated rings. The Morgan fingerprint density at radius 1 is 1.44 bits per heavy atom. The largest absolute Gasteiger partial charge is 0.477 e. The van der Waals surface area contributed by atoms with Crippen molar-refractivity contribution < 1.29 is 19.8 Å². The van der Waals surface area contributed by atoms with Gasteiger partial charge in [0.1, 0.15) is 5.60 Å². The van der Waals surface area contributed by atoms with Crippen LogP contribution in [0.3, 0.4) is 0 Å². The first-order valence-corrected chi connectivity index (χ1v) is 5.79. The second kappa shape index (κ2) is 3.55. The van der Waals surface area contributed by atoms with Gasteiger partial charge in [0.25, 0.3) is 5.91 Å². The number of carbonyl (C=O) groups excluding carboxylic acids is 1. The van der Waals surface area contributed by atoms with Crippen LogP contribution in [0.5, 0.6) is 0 Å². The molecule has 3 N–H and O–H groups in total. The number of amides is 1. The highest BCUT2D eigenvalue weighted by Gasteiger charge is 2.53. The van der Waals surface area contributed by atoms with E-state index in [0.717, 1.165) is 12.8 Å². The van der Waals surface area contributed by atoms with Gasteiger partial charge < -0.3 is 20.1 Å². The van der Waals surface area contributed by atoms with Crippen LogP contribution in [0.2, 0.25) is 0 Å². The van der Waals surface area contributed by atoms with Crippen molar-refractivity contribution in [3.8, 4) is 0 Å². The van der Waals surface area contributed by atoms with E-state index in [1.165, 1.54) is 11.2 Å². The highest BCUT2D eigenvalue weighted by molar-refractivity contribution is 6.02. The van der Waals surface area contributed by atoms with Gasteiger partial charge in [-0.2, -0.15) is 0 Å². The molecule has 0 spiro atoms. The van der Waals surface area contributed by atoms with Gasteiger partial charge in [-0.3, -0.25) is 4.79 Å². The maximum Gasteiger partial charge on any atom is 0.354 e. The van der Waals surface area contributed by atoms with Crippen LogP contribution in [0, 0.1) is 5.92 Å². The Kier molecular flexibility index (Phi) is 2.21. The second-order valence-corrected chi connectivity index (χ2v) is 4.97. The second-order valence-electron chi connectivity index (χ2n) is 4.97. The average molecular weight is 251 g/mol. The third kappa shape index (κ3) is 1.59. The lowest BCUT2D eigenvalue weighted by molar-refractivity contribution is -0.0959. The van der Waals surface area contributed by atoms with Gasteiger partial charge in [-0.15, -0.1) is 0 Å². The molecule has 7 heteroatoms. The Morgan fingerprint density at radius 2 is 2.11 bits per heavy atom. The van der Waals surface area contributed by atoms with Crippen molar-refractivity contribution in [2.75, 3.05) is 13.1 Å². The number of carbonyl (C=O) groups is 2. The topological polar surface area (TPSA) is 107 Å². The van der Waals surface area contributed by atoms with Crippen molar-refractivity contribution in [3.63, 3.8) is 0 Å². The SMILES string of the molecule is O=C(O)c1[nH]cnc1C(=O)N1CC(O)(C2CC2)C1. The van der Waals surface area contributed by atoms with E-state index in [9.17, 15) is 14.7 Å². The summed E-state index contributed by atoms with van der Waals surface area (Å²) in [6.07, 6.45) is 3.19. The van der Waals surface area contributed by atoms with Crippen molar-refractivity contribution in [1.29, 1.82) is 0 Å². The molecule has 3 rings (SSSR count). The molecule has 0 bridgehead atoms. The number of H-pyrrole nitrogens is 1. The number of imidazole rings is 1. The molecule has 1 aromatic rings. The maximum absolute atomic E-state index is 12.0. The van der Waals surface area contributed by atoms with Crippen molar-refractivity contribution in [3.05, 3.63) is 17.7 Å². The lowest BCUT2D eigenvalue weighted by Crippen LogP contribution is -2.64. The number of aromatic carboxylic acids is 1. The highest BCUT2D eigenvalue weighted by atomic mass is 16.4. The van der Waals surface area contributed by atoms with Gasteiger partial charge in [-0.1, -0.05) is 0 Å². The Balaban J connectivity index is 1.72. The van der Waals surface area contributed by atoms with Gasteiger partial charge in [-0.25, -0.2) is 9.78 Å². The maximum atomic E-state index is 12.0. The zero-order valence-corrected chi connectivity index (χ0v) is 9.59. The predicted molar refractivity (Wildman–Crippen MR) is 59.1 cm³/mol. The van der Waals surface area contributed by atoms with Crippen molar-refractivity contribution in [2.45, 2.75) is 18.4 Å². The minimum Gasteiger partial charge on any atom is -0.477 e. The summed E-state index contributed by atoms with van der Waals surface area (Å²) >= 11 is 0. The molecule has 2 aliphatic rings. The summed E-state index contributed by atoms with van der Waals surface area (Å²) in [6.45, 7) is 0.533. The van der Waals surface area contributed by atoms with Gasteiger partial charge in [0.2, 0.25) is 0 Å². The highest BCUT2D eigenvalue weighted by Crippen LogP contribution is 2.44. The average Bonchev–Trinajstić information content (AvgIpc) is 3.01. The van der Waals surface area contributed by atoms with Crippen LogP contribution in [0.4, 0.5) is 0 Å². The summed E-state index contributed by atoms with van der Waals surface area (Å²) in [5, 5.41) is 19.0. The Morgan fingerprint density at radius 3 is 2.67 bits per heavy atom. The molecule has 18 heavy (non-hydrogen) atoms. The van der Waals surface area contributed by atoms with Crippen LogP contribution >= 0.6 is 0 Å². The first kappa shape index (κ1) is 11.2. The van der Waals surface area contributed by atoms with Crippen LogP contribution in [0.1, 0.15) is 33.8 Å². The molecule has 1 aromatic heterocycles. The lowest BCUT2D eigenvalue weighted by Gasteiger charge is -2.46. The summed E-state index contributed by atoms with van der Waals surface area (Å²) < 4.78 is 0. The molecular formula is C11H13N3O4. The van der Waals surface area contributed by atoms with Crippen LogP contribution < -0.4 is 0 Å². The third-order valence-corrected chi connectivity index (χ3v) is 3.61. The molecule has 1 aliphatic heterocycles. The fourth-order valence-corrected chi connectivity index (χ4v) is 2.41. The van der Waals surface area contributed by atoms with E-state index in [4.69, 9.17) is 5.11 Å². The molecule has 1 saturated carbocycles. The van der Waals surface area contributed by atoms with E-state index in [2.05, 4.69) is 9.97 Å². The number of likely N-dealkylation sites (tertiary alicyclic amines) is 1. The Hall–Kier alpha value is -1.89. The number of nitrogens with one attached hydrogen (secondary N) is 1. The number of aromatic amines is 1. The number of rotatable bonds is 3. The fourth-order valence-electron chi connectivity index (χ4n) is 2.41. The zero-order valence-electron chi connectivity index (χ0n) is 9.59. The van der Waals surface area contributed by atoms with Gasteiger partial charge in [0.15, 0.2) is 11.4 Å². The summed E-state index contributed by atoms with van der Waals surface area (Å²) in [5.74, 6) is -1.37. The van der Waals surface area contributed by atoms with E-state index in [0.29, 0.717) is 5.92 Å². The number of hydrogen-bond donors (Lipinski definition) is 3. The summed E-state index contributed by atoms with van der Waals surface area (Å²) in [6, 6.07) is 0. The van der Waals surface area contributed by atoms with Gasteiger partial charge in [0.05, 0.1) is 19.4 Å². The molecular weight excluding hydrogens is 238 g/mol. The number of β-amino-alcohol motifs (C(OH)–C–C–N with tert-alkyl or cyclic N) is 1. The van der Waals surface area contributed by atoms with Gasteiger partial charge in [-0.05, 0) is 18.8 Å². The standard InChI is InChI=1S/C11H13N3O4/c15-9(7-8(10(16)17)13-5-12-7)14-3-11(18,4-14)6-1-2-6/h5-6,18H,1-4H2,(H,12,13)(H,16,17). The fraction of sp³-hybridized carbons (Fsp3) is 0.545. The summed E-state index contributed by atoms with van der Waals surface area (Å²) in [5.41, 5.74) is -1.07. The van der Waals surface area contributed by atoms with Crippen molar-refractivity contribution >= 4 is 11.9 Å². The van der Waals surface area contributed by atoms with E-state index in [1.54, 1.807) is 0 Å². The minimum atomic E-state index is -1.21. The summed E-state index contributed by atoms with van der Waals surface area (Å²) in [4.78, 5) is 30.5. The molecule has 1 aliphatic carbocycles. The van der Waals surface area contributed by atoms with Crippen LogP contribution in [-0.4, -0.2) is 55.6 Å². The number of aliphatic hydroxyl groups is 1. The van der Waals surface area contributed by atoms with E-state index >= 15 is 0 Å². The third-order valence-electron chi connectivity index (χ3n) is 3.61. The van der Waals surface area contributed by atoms with E-state index < -0.39 is 17.5 Å². The zero-order chi connectivity index (χ0) is 12.9. The molecule has 0 unspecified atom stereocenters. The summed E-state index contributed by atoms with van der Waals surface area (Å²) in [7, 11) is 0. The number of nitrogens with zero attached hydrogens (tertiary/aromatic N) is 2. The Bertz CT molecular complexity index is 514. The molecule has 2 heterocycles. The van der Waals surface area contributed by atoms with Gasteiger partial charge in [0, 0.05) is 0 Å². The number of carboxylic acid groups (broad SMARTS) is 1. The molecule has 0 radical (unpaired) electrons. The van der Waals surface area contributed by atoms with Crippen LogP contribution in [0.15, 0.2) is 6.33 Å². The number of hydrogen-bond acceptors (Lipinski definition) is 4. The minimum absolute atomic E-state index is 0.0969. The molecule has 1 saturated heterocycles. The van der Waals surface area contributed by atoms with Crippen molar-refractivity contribution in [2.24, 2.45) is 5.92 Å². The first-order chi connectivity index (χ1) is 8.51. The van der Waals surface area contributed by atoms with Crippen LogP contribution in [-0.2, 0) is 0 Å². The number of aromatic nitrogens is 2. The number of carboxylic acids is 1. The quantitative estimate of drug-likeness (QED) is 0.684. The van der Waals surface area contributed by atoms with E-state index in [1.807, 2.05) is 0 Å². The molecule has 0 atom stereocenters. The monoisotopic (exact) mass is 251 g/mol. The van der Waals surface area contributed by atoms with Crippen molar-refractivity contribution in [1.82, 2.24) is 14.9 Å². The smallest absolute Gasteiger partial charge is 0.354 e. The van der Waals surface area contributed by atoms with E-state index in [-0.39, 0.29) is 24.5 Å². The lowest BCUT2D eigenvalue weighted by atomic mass is 9.88. The first-order valence-electron chi connectivity index (χ1n) is 5.79. The Labute approximate surface area is 102 Å². The normalized spacial score (nSPS) is 21.5.